The smallest absolute Gasteiger partial charge is 0.247 e. The zero-order valence-electron chi connectivity index (χ0n) is 20.3. The summed E-state index contributed by atoms with van der Waals surface area (Å²) < 4.78 is 5.17. The Labute approximate surface area is 224 Å². The maximum atomic E-state index is 13.2. The second-order valence-corrected chi connectivity index (χ2v) is 10.5. The Morgan fingerprint density at radius 3 is 2.32 bits per heavy atom. The van der Waals surface area contributed by atoms with E-state index in [0.717, 1.165) is 34.2 Å². The van der Waals surface area contributed by atoms with Crippen molar-refractivity contribution >= 4 is 51.7 Å². The van der Waals surface area contributed by atoms with Gasteiger partial charge in [0.1, 0.15) is 11.0 Å². The van der Waals surface area contributed by atoms with Gasteiger partial charge in [0.05, 0.1) is 24.6 Å². The number of carbonyl (C=O) groups is 2. The summed E-state index contributed by atoms with van der Waals surface area (Å²) in [6.45, 7) is 2.03. The van der Waals surface area contributed by atoms with Crippen LogP contribution in [-0.4, -0.2) is 40.1 Å². The van der Waals surface area contributed by atoms with Gasteiger partial charge in [-0.15, -0.1) is 0 Å². The van der Waals surface area contributed by atoms with Crippen LogP contribution in [0, 0.1) is 12.3 Å². The fourth-order valence-corrected chi connectivity index (χ4v) is 5.55. The fraction of sp³-hybridized carbons (Fsp3) is 0.214. The Bertz CT molecular complexity index is 1370. The standard InChI is InChI=1S/C28H25ClN4O3S/c1-17-3-5-18(6-4-17)23-15-24(19-7-9-20(29)10-8-19)33(31-23)28(30)37-25-16-26(34)32(27(25)35)21-11-13-22(36-2)14-12-21/h3-14,24-25,30H,15-16H2,1-2H3. The number of hydrazone groups is 1. The van der Waals surface area contributed by atoms with E-state index in [1.807, 2.05) is 55.5 Å². The Morgan fingerprint density at radius 2 is 1.68 bits per heavy atom. The molecular weight excluding hydrogens is 508 g/mol. The number of benzene rings is 3. The number of aryl methyl sites for hydroxylation is 1. The average molecular weight is 533 g/mol. The lowest BCUT2D eigenvalue weighted by atomic mass is 9.98. The molecule has 2 aliphatic heterocycles. The SMILES string of the molecule is COc1ccc(N2C(=O)CC(SC(=N)N3N=C(c4ccc(C)cc4)CC3c3ccc(Cl)cc3)C2=O)cc1. The van der Waals surface area contributed by atoms with Crippen LogP contribution >= 0.6 is 23.4 Å². The highest BCUT2D eigenvalue weighted by Gasteiger charge is 2.42. The molecule has 2 unspecified atom stereocenters. The molecule has 2 atom stereocenters. The van der Waals surface area contributed by atoms with Crippen molar-refractivity contribution in [3.63, 3.8) is 0 Å². The summed E-state index contributed by atoms with van der Waals surface area (Å²) in [6.07, 6.45) is 0.620. The van der Waals surface area contributed by atoms with Crippen molar-refractivity contribution < 1.29 is 14.3 Å². The lowest BCUT2D eigenvalue weighted by Gasteiger charge is -2.24. The minimum atomic E-state index is -0.702. The number of hydrogen-bond acceptors (Lipinski definition) is 6. The first kappa shape index (κ1) is 25.0. The molecule has 3 aromatic carbocycles. The third kappa shape index (κ3) is 5.12. The lowest BCUT2D eigenvalue weighted by Crippen LogP contribution is -2.32. The third-order valence-corrected chi connectivity index (χ3v) is 7.76. The highest BCUT2D eigenvalue weighted by Crippen LogP contribution is 2.38. The van der Waals surface area contributed by atoms with Gasteiger partial charge in [0.2, 0.25) is 11.8 Å². The Balaban J connectivity index is 1.38. The molecule has 2 aliphatic rings. The maximum Gasteiger partial charge on any atom is 0.247 e. The van der Waals surface area contributed by atoms with E-state index in [4.69, 9.17) is 26.8 Å². The van der Waals surface area contributed by atoms with Crippen LogP contribution in [0.3, 0.4) is 0 Å². The molecule has 9 heteroatoms. The molecule has 0 bridgehead atoms. The number of amidine groups is 1. The van der Waals surface area contributed by atoms with Crippen LogP contribution < -0.4 is 9.64 Å². The number of nitrogens with zero attached hydrogens (tertiary/aromatic N) is 3. The van der Waals surface area contributed by atoms with Gasteiger partial charge in [-0.3, -0.25) is 15.0 Å². The van der Waals surface area contributed by atoms with Gasteiger partial charge >= 0.3 is 0 Å². The molecule has 0 spiro atoms. The molecule has 1 fully saturated rings. The second kappa shape index (κ2) is 10.4. The summed E-state index contributed by atoms with van der Waals surface area (Å²) in [5.41, 5.74) is 4.46. The molecule has 2 heterocycles. The largest absolute Gasteiger partial charge is 0.497 e. The molecule has 0 aliphatic carbocycles. The van der Waals surface area contributed by atoms with Gasteiger partial charge in [-0.2, -0.15) is 5.10 Å². The van der Waals surface area contributed by atoms with E-state index in [9.17, 15) is 9.59 Å². The zero-order chi connectivity index (χ0) is 26.1. The minimum absolute atomic E-state index is 0.0197. The average Bonchev–Trinajstić information content (AvgIpc) is 3.46. The number of halogens is 1. The number of methoxy groups -OCH3 is 1. The number of nitrogens with one attached hydrogen (secondary N) is 1. The van der Waals surface area contributed by atoms with Crippen LogP contribution in [0.5, 0.6) is 5.75 Å². The first-order valence-electron chi connectivity index (χ1n) is 11.8. The van der Waals surface area contributed by atoms with Gasteiger partial charge in [-0.05, 0) is 54.4 Å². The molecule has 1 N–H and O–H groups in total. The van der Waals surface area contributed by atoms with Gasteiger partial charge in [0.15, 0.2) is 5.17 Å². The Morgan fingerprint density at radius 1 is 1.00 bits per heavy atom. The maximum absolute atomic E-state index is 13.2. The second-order valence-electron chi connectivity index (χ2n) is 8.91. The van der Waals surface area contributed by atoms with Gasteiger partial charge in [-0.1, -0.05) is 65.3 Å². The molecule has 5 rings (SSSR count). The Kier molecular flexibility index (Phi) is 7.04. The first-order chi connectivity index (χ1) is 17.8. The minimum Gasteiger partial charge on any atom is -0.497 e. The van der Waals surface area contributed by atoms with E-state index >= 15 is 0 Å². The summed E-state index contributed by atoms with van der Waals surface area (Å²) in [5.74, 6) is 0.00921. The zero-order valence-corrected chi connectivity index (χ0v) is 21.9. The van der Waals surface area contributed by atoms with E-state index in [-0.39, 0.29) is 29.4 Å². The third-order valence-electron chi connectivity index (χ3n) is 6.45. The van der Waals surface area contributed by atoms with Gasteiger partial charge in [0.25, 0.3) is 0 Å². The van der Waals surface area contributed by atoms with Gasteiger partial charge in [0, 0.05) is 17.9 Å². The normalized spacial score (nSPS) is 19.4. The fourth-order valence-electron chi connectivity index (χ4n) is 4.45. The van der Waals surface area contributed by atoms with E-state index < -0.39 is 5.25 Å². The van der Waals surface area contributed by atoms with Crippen molar-refractivity contribution in [2.75, 3.05) is 12.0 Å². The summed E-state index contributed by atoms with van der Waals surface area (Å²) in [7, 11) is 1.56. The van der Waals surface area contributed by atoms with Gasteiger partial charge < -0.3 is 4.74 Å². The number of anilines is 1. The highest BCUT2D eigenvalue weighted by molar-refractivity contribution is 8.14. The predicted octanol–water partition coefficient (Wildman–Crippen LogP) is 5.81. The lowest BCUT2D eigenvalue weighted by molar-refractivity contribution is -0.121. The van der Waals surface area contributed by atoms with Crippen molar-refractivity contribution in [3.8, 4) is 5.75 Å². The molecule has 37 heavy (non-hydrogen) atoms. The quantitative estimate of drug-likeness (QED) is 0.255. The van der Waals surface area contributed by atoms with Crippen molar-refractivity contribution in [2.24, 2.45) is 5.10 Å². The number of ether oxygens (including phenoxy) is 1. The molecule has 3 aromatic rings. The summed E-state index contributed by atoms with van der Waals surface area (Å²) in [6, 6.07) is 22.2. The highest BCUT2D eigenvalue weighted by atomic mass is 35.5. The van der Waals surface area contributed by atoms with E-state index in [2.05, 4.69) is 0 Å². The number of rotatable bonds is 5. The van der Waals surface area contributed by atoms with Crippen molar-refractivity contribution in [3.05, 3.63) is 94.5 Å². The summed E-state index contributed by atoms with van der Waals surface area (Å²) in [4.78, 5) is 27.2. The molecule has 0 radical (unpaired) electrons. The molecule has 0 aromatic heterocycles. The number of thioether (sulfide) groups is 1. The van der Waals surface area contributed by atoms with Gasteiger partial charge in [-0.25, -0.2) is 9.91 Å². The van der Waals surface area contributed by atoms with E-state index in [1.165, 1.54) is 4.90 Å². The topological polar surface area (TPSA) is 86.1 Å². The van der Waals surface area contributed by atoms with Crippen LogP contribution in [-0.2, 0) is 9.59 Å². The Hall–Kier alpha value is -3.62. The molecule has 7 nitrogen and oxygen atoms in total. The summed E-state index contributed by atoms with van der Waals surface area (Å²) >= 11 is 7.17. The monoisotopic (exact) mass is 532 g/mol. The van der Waals surface area contributed by atoms with Crippen molar-refractivity contribution in [1.82, 2.24) is 5.01 Å². The van der Waals surface area contributed by atoms with Crippen LogP contribution in [0.15, 0.2) is 77.9 Å². The predicted molar refractivity (Wildman–Crippen MR) is 148 cm³/mol. The first-order valence-corrected chi connectivity index (χ1v) is 13.0. The van der Waals surface area contributed by atoms with Crippen LogP contribution in [0.4, 0.5) is 5.69 Å². The molecule has 1 saturated heterocycles. The van der Waals surface area contributed by atoms with Crippen molar-refractivity contribution in [2.45, 2.75) is 31.1 Å². The number of carbonyl (C=O) groups excluding carboxylic acids is 2. The van der Waals surface area contributed by atoms with Crippen LogP contribution in [0.25, 0.3) is 0 Å². The van der Waals surface area contributed by atoms with Crippen LogP contribution in [0.1, 0.15) is 35.6 Å². The molecule has 2 amide bonds. The van der Waals surface area contributed by atoms with E-state index in [1.54, 1.807) is 36.4 Å². The molecule has 0 saturated carbocycles. The summed E-state index contributed by atoms with van der Waals surface area (Å²) in [5, 5.41) is 15.4. The van der Waals surface area contributed by atoms with Crippen LogP contribution in [0.2, 0.25) is 5.02 Å². The number of hydrogen-bond donors (Lipinski definition) is 1. The molecule has 188 valence electrons. The molecular formula is C28H25ClN4O3S. The van der Waals surface area contributed by atoms with Crippen molar-refractivity contribution in [1.29, 1.82) is 5.41 Å². The number of imide groups is 1. The van der Waals surface area contributed by atoms with E-state index in [0.29, 0.717) is 22.9 Å². The number of amides is 2.